The molecular formula is C17H20N4O5S. The molecule has 0 saturated heterocycles. The van der Waals surface area contributed by atoms with Crippen LogP contribution < -0.4 is 10.6 Å². The highest BCUT2D eigenvalue weighted by atomic mass is 32.2. The van der Waals surface area contributed by atoms with Crippen molar-refractivity contribution in [1.82, 2.24) is 4.31 Å². The van der Waals surface area contributed by atoms with Crippen molar-refractivity contribution in [2.75, 3.05) is 31.3 Å². The number of benzene rings is 2. The van der Waals surface area contributed by atoms with E-state index >= 15 is 0 Å². The molecule has 10 heteroatoms. The Hall–Kier alpha value is -2.98. The lowest BCUT2D eigenvalue weighted by atomic mass is 10.1. The normalized spacial score (nSPS) is 11.3. The summed E-state index contributed by atoms with van der Waals surface area (Å²) < 4.78 is 25.1. The van der Waals surface area contributed by atoms with E-state index in [9.17, 15) is 23.3 Å². The molecule has 0 radical (unpaired) electrons. The average Bonchev–Trinajstić information content (AvgIpc) is 2.61. The summed E-state index contributed by atoms with van der Waals surface area (Å²) in [6.45, 7) is 1.50. The second-order valence-electron chi connectivity index (χ2n) is 5.92. The summed E-state index contributed by atoms with van der Waals surface area (Å²) in [5.74, 6) is -0.371. The lowest BCUT2D eigenvalue weighted by Crippen LogP contribution is -2.23. The zero-order chi connectivity index (χ0) is 20.2. The maximum atomic E-state index is 12.1. The van der Waals surface area contributed by atoms with Gasteiger partial charge in [-0.1, -0.05) is 6.07 Å². The quantitative estimate of drug-likeness (QED) is 0.550. The van der Waals surface area contributed by atoms with Crippen LogP contribution in [0.2, 0.25) is 0 Å². The SMILES string of the molecule is Cc1c(NCC(=O)Nc2ccc(S(=O)(=O)N(C)C)cc2)cccc1[N+](=O)[O-]. The van der Waals surface area contributed by atoms with Gasteiger partial charge in [-0.05, 0) is 37.3 Å². The van der Waals surface area contributed by atoms with Crippen molar-refractivity contribution in [3.8, 4) is 0 Å². The third-order valence-corrected chi connectivity index (χ3v) is 5.69. The van der Waals surface area contributed by atoms with Gasteiger partial charge in [-0.3, -0.25) is 14.9 Å². The Morgan fingerprint density at radius 2 is 1.78 bits per heavy atom. The number of hydrogen-bond acceptors (Lipinski definition) is 6. The first kappa shape index (κ1) is 20.3. The Kier molecular flexibility index (Phi) is 6.13. The van der Waals surface area contributed by atoms with Crippen LogP contribution in [0.3, 0.4) is 0 Å². The van der Waals surface area contributed by atoms with Crippen molar-refractivity contribution in [3.05, 3.63) is 58.1 Å². The van der Waals surface area contributed by atoms with Crippen molar-refractivity contribution in [3.63, 3.8) is 0 Å². The number of nitrogens with one attached hydrogen (secondary N) is 2. The molecular weight excluding hydrogens is 372 g/mol. The molecule has 0 aromatic heterocycles. The fourth-order valence-corrected chi connectivity index (χ4v) is 3.22. The van der Waals surface area contributed by atoms with Gasteiger partial charge in [0.25, 0.3) is 5.69 Å². The Balaban J connectivity index is 2.01. The van der Waals surface area contributed by atoms with Crippen molar-refractivity contribution in [1.29, 1.82) is 0 Å². The van der Waals surface area contributed by atoms with Gasteiger partial charge in [0.15, 0.2) is 0 Å². The van der Waals surface area contributed by atoms with Crippen molar-refractivity contribution < 1.29 is 18.1 Å². The molecule has 144 valence electrons. The first-order chi connectivity index (χ1) is 12.6. The van der Waals surface area contributed by atoms with E-state index in [2.05, 4.69) is 10.6 Å². The molecule has 2 rings (SSSR count). The van der Waals surface area contributed by atoms with Gasteiger partial charge in [-0.25, -0.2) is 12.7 Å². The molecule has 0 aliphatic rings. The Bertz CT molecular complexity index is 956. The Morgan fingerprint density at radius 1 is 1.15 bits per heavy atom. The monoisotopic (exact) mass is 392 g/mol. The minimum absolute atomic E-state index is 0.0295. The van der Waals surface area contributed by atoms with Crippen LogP contribution >= 0.6 is 0 Å². The minimum atomic E-state index is -3.53. The van der Waals surface area contributed by atoms with E-state index in [0.29, 0.717) is 16.9 Å². The lowest BCUT2D eigenvalue weighted by Gasteiger charge is -2.12. The summed E-state index contributed by atoms with van der Waals surface area (Å²) in [6, 6.07) is 10.4. The molecule has 0 bridgehead atoms. The maximum Gasteiger partial charge on any atom is 0.274 e. The zero-order valence-corrected chi connectivity index (χ0v) is 15.9. The van der Waals surface area contributed by atoms with Gasteiger partial charge in [-0.2, -0.15) is 0 Å². The maximum absolute atomic E-state index is 12.1. The third kappa shape index (κ3) is 4.80. The topological polar surface area (TPSA) is 122 Å². The predicted molar refractivity (Wildman–Crippen MR) is 102 cm³/mol. The molecule has 0 fully saturated rings. The van der Waals surface area contributed by atoms with E-state index in [-0.39, 0.29) is 23.0 Å². The number of amides is 1. The van der Waals surface area contributed by atoms with Gasteiger partial charge in [0.2, 0.25) is 15.9 Å². The molecule has 2 aromatic rings. The largest absolute Gasteiger partial charge is 0.376 e. The zero-order valence-electron chi connectivity index (χ0n) is 15.1. The average molecular weight is 392 g/mol. The number of nitro benzene ring substituents is 1. The molecule has 0 aliphatic heterocycles. The number of nitro groups is 1. The van der Waals surface area contributed by atoms with E-state index in [1.165, 1.54) is 50.5 Å². The van der Waals surface area contributed by atoms with Crippen LogP contribution in [0.15, 0.2) is 47.4 Å². The predicted octanol–water partition coefficient (Wildman–Crippen LogP) is 2.20. The number of nitrogens with zero attached hydrogens (tertiary/aromatic N) is 2. The first-order valence-corrected chi connectivity index (χ1v) is 9.37. The van der Waals surface area contributed by atoms with E-state index < -0.39 is 14.9 Å². The molecule has 0 saturated carbocycles. The summed E-state index contributed by atoms with van der Waals surface area (Å²) >= 11 is 0. The van der Waals surface area contributed by atoms with Gasteiger partial charge >= 0.3 is 0 Å². The third-order valence-electron chi connectivity index (χ3n) is 3.86. The van der Waals surface area contributed by atoms with Gasteiger partial charge in [0.05, 0.1) is 16.4 Å². The van der Waals surface area contributed by atoms with Gasteiger partial charge in [-0.15, -0.1) is 0 Å². The van der Waals surface area contributed by atoms with Crippen molar-refractivity contribution in [2.24, 2.45) is 0 Å². The second kappa shape index (κ2) is 8.14. The van der Waals surface area contributed by atoms with E-state index in [1.54, 1.807) is 13.0 Å². The number of carbonyl (C=O) groups is 1. The number of anilines is 2. The fraction of sp³-hybridized carbons (Fsp3) is 0.235. The van der Waals surface area contributed by atoms with Gasteiger partial charge in [0.1, 0.15) is 0 Å². The Morgan fingerprint density at radius 3 is 2.33 bits per heavy atom. The van der Waals surface area contributed by atoms with Crippen molar-refractivity contribution >= 4 is 33.0 Å². The molecule has 2 aromatic carbocycles. The summed E-state index contributed by atoms with van der Waals surface area (Å²) in [7, 11) is -0.657. The van der Waals surface area contributed by atoms with Crippen LogP contribution in [-0.4, -0.2) is 44.2 Å². The molecule has 0 atom stereocenters. The van der Waals surface area contributed by atoms with Crippen LogP contribution in [-0.2, 0) is 14.8 Å². The number of carbonyl (C=O) groups excluding carboxylic acids is 1. The summed E-state index contributed by atoms with van der Waals surface area (Å²) in [5, 5.41) is 16.4. The second-order valence-corrected chi connectivity index (χ2v) is 8.07. The van der Waals surface area contributed by atoms with Crippen LogP contribution in [0.4, 0.5) is 17.1 Å². The van der Waals surface area contributed by atoms with E-state index in [4.69, 9.17) is 0 Å². The molecule has 0 spiro atoms. The molecule has 27 heavy (non-hydrogen) atoms. The number of hydrogen-bond donors (Lipinski definition) is 2. The van der Waals surface area contributed by atoms with Crippen LogP contribution in [0.1, 0.15) is 5.56 Å². The van der Waals surface area contributed by atoms with E-state index in [1.807, 2.05) is 0 Å². The highest BCUT2D eigenvalue weighted by Gasteiger charge is 2.17. The molecule has 0 heterocycles. The molecule has 1 amide bonds. The smallest absolute Gasteiger partial charge is 0.274 e. The molecule has 0 aliphatic carbocycles. The molecule has 0 unspecified atom stereocenters. The first-order valence-electron chi connectivity index (χ1n) is 7.93. The number of sulfonamides is 1. The highest BCUT2D eigenvalue weighted by Crippen LogP contribution is 2.24. The van der Waals surface area contributed by atoms with Gasteiger partial charge in [0, 0.05) is 37.1 Å². The molecule has 2 N–H and O–H groups in total. The fourth-order valence-electron chi connectivity index (χ4n) is 2.31. The van der Waals surface area contributed by atoms with Crippen LogP contribution in [0.5, 0.6) is 0 Å². The lowest BCUT2D eigenvalue weighted by molar-refractivity contribution is -0.385. The summed E-state index contributed by atoms with van der Waals surface area (Å²) in [6.07, 6.45) is 0. The molecule has 9 nitrogen and oxygen atoms in total. The summed E-state index contributed by atoms with van der Waals surface area (Å²) in [4.78, 5) is 22.7. The van der Waals surface area contributed by atoms with E-state index in [0.717, 1.165) is 4.31 Å². The summed E-state index contributed by atoms with van der Waals surface area (Å²) in [5.41, 5.74) is 1.34. The highest BCUT2D eigenvalue weighted by molar-refractivity contribution is 7.89. The number of rotatable bonds is 7. The van der Waals surface area contributed by atoms with Crippen molar-refractivity contribution in [2.45, 2.75) is 11.8 Å². The standard InChI is InChI=1S/C17H20N4O5S/c1-12-15(5-4-6-16(12)21(23)24)18-11-17(22)19-13-7-9-14(10-8-13)27(25,26)20(2)3/h4-10,18H,11H2,1-3H3,(H,19,22). The van der Waals surface area contributed by atoms with Crippen LogP contribution in [0, 0.1) is 17.0 Å². The Labute approximate surface area is 157 Å². The van der Waals surface area contributed by atoms with Crippen LogP contribution in [0.25, 0.3) is 0 Å². The minimum Gasteiger partial charge on any atom is -0.376 e. The van der Waals surface area contributed by atoms with Gasteiger partial charge < -0.3 is 10.6 Å².